The Morgan fingerprint density at radius 2 is 1.85 bits per heavy atom. The number of Topliss-reactive ketones (excluding diaryl/α,β-unsaturated/α-hetero) is 1. The van der Waals surface area contributed by atoms with Crippen molar-refractivity contribution in [2.45, 2.75) is 24.8 Å². The Kier molecular flexibility index (Phi) is 4.06. The molecular weight excluding hydrogens is 278 g/mol. The predicted octanol–water partition coefficient (Wildman–Crippen LogP) is 2.52. The summed E-state index contributed by atoms with van der Waals surface area (Å²) in [4.78, 5) is 11.3. The number of hydrogen-bond donors (Lipinski definition) is 1. The van der Waals surface area contributed by atoms with Crippen molar-refractivity contribution in [3.8, 4) is 0 Å². The smallest absolute Gasteiger partial charge is 0.241 e. The molecule has 0 aliphatic heterocycles. The Morgan fingerprint density at radius 3 is 2.35 bits per heavy atom. The molecule has 0 aliphatic rings. The number of carbonyl (C=O) groups is 1. The minimum absolute atomic E-state index is 0.106. The molecule has 106 valence electrons. The monoisotopic (exact) mass is 293 g/mol. The first-order chi connectivity index (χ1) is 9.40. The van der Waals surface area contributed by atoms with Crippen molar-refractivity contribution in [1.82, 2.24) is 4.72 Å². The Morgan fingerprint density at radius 1 is 1.20 bits per heavy atom. The summed E-state index contributed by atoms with van der Waals surface area (Å²) < 4.78 is 32.0. The third kappa shape index (κ3) is 3.15. The molecule has 1 aromatic heterocycles. The van der Waals surface area contributed by atoms with Gasteiger partial charge in [-0.3, -0.25) is 4.79 Å². The topological polar surface area (TPSA) is 76.4 Å². The SMILES string of the molecule is CC(=O)c1ccc(S(=O)(=O)N[C@H](C)c2ccco2)cc1. The molecule has 0 spiro atoms. The summed E-state index contributed by atoms with van der Waals surface area (Å²) >= 11 is 0. The molecule has 20 heavy (non-hydrogen) atoms. The van der Waals surface area contributed by atoms with Gasteiger partial charge in [-0.2, -0.15) is 0 Å². The Hall–Kier alpha value is -1.92. The molecule has 0 fully saturated rings. The zero-order valence-electron chi connectivity index (χ0n) is 11.2. The van der Waals surface area contributed by atoms with Crippen LogP contribution >= 0.6 is 0 Å². The molecule has 1 aromatic carbocycles. The number of sulfonamides is 1. The first-order valence-electron chi connectivity index (χ1n) is 6.07. The molecule has 1 N–H and O–H groups in total. The van der Waals surface area contributed by atoms with E-state index in [2.05, 4.69) is 4.72 Å². The fourth-order valence-electron chi connectivity index (χ4n) is 1.77. The van der Waals surface area contributed by atoms with E-state index in [9.17, 15) is 13.2 Å². The van der Waals surface area contributed by atoms with Gasteiger partial charge in [-0.05, 0) is 38.1 Å². The fourth-order valence-corrected chi connectivity index (χ4v) is 2.98. The van der Waals surface area contributed by atoms with Gasteiger partial charge in [-0.25, -0.2) is 13.1 Å². The van der Waals surface area contributed by atoms with E-state index < -0.39 is 16.1 Å². The van der Waals surface area contributed by atoms with Crippen LogP contribution in [0.2, 0.25) is 0 Å². The molecule has 1 heterocycles. The van der Waals surface area contributed by atoms with Gasteiger partial charge in [-0.1, -0.05) is 12.1 Å². The molecule has 0 aliphatic carbocycles. The Labute approximate surface area is 117 Å². The number of furan rings is 1. The van der Waals surface area contributed by atoms with Crippen LogP contribution in [0.15, 0.2) is 52.0 Å². The second-order valence-electron chi connectivity index (χ2n) is 4.44. The van der Waals surface area contributed by atoms with Crippen LogP contribution < -0.4 is 4.72 Å². The van der Waals surface area contributed by atoms with E-state index >= 15 is 0 Å². The molecule has 0 unspecified atom stereocenters. The number of carbonyl (C=O) groups excluding carboxylic acids is 1. The van der Waals surface area contributed by atoms with Gasteiger partial charge in [0.2, 0.25) is 10.0 Å². The van der Waals surface area contributed by atoms with E-state index in [1.165, 1.54) is 37.5 Å². The van der Waals surface area contributed by atoms with E-state index in [0.29, 0.717) is 11.3 Å². The molecule has 0 saturated carbocycles. The van der Waals surface area contributed by atoms with Gasteiger partial charge >= 0.3 is 0 Å². The van der Waals surface area contributed by atoms with Crippen LogP contribution in [0.25, 0.3) is 0 Å². The summed E-state index contributed by atoms with van der Waals surface area (Å²) in [6, 6.07) is 8.74. The van der Waals surface area contributed by atoms with Gasteiger partial charge in [0.25, 0.3) is 0 Å². The van der Waals surface area contributed by atoms with Gasteiger partial charge < -0.3 is 4.42 Å². The number of benzene rings is 1. The second kappa shape index (κ2) is 5.60. The first-order valence-corrected chi connectivity index (χ1v) is 7.55. The van der Waals surface area contributed by atoms with E-state index in [-0.39, 0.29) is 10.7 Å². The minimum Gasteiger partial charge on any atom is -0.468 e. The lowest BCUT2D eigenvalue weighted by molar-refractivity contribution is 0.101. The zero-order valence-corrected chi connectivity index (χ0v) is 12.0. The highest BCUT2D eigenvalue weighted by atomic mass is 32.2. The normalized spacial score (nSPS) is 13.1. The first kappa shape index (κ1) is 14.5. The predicted molar refractivity (Wildman–Crippen MR) is 73.9 cm³/mol. The molecule has 6 heteroatoms. The maximum Gasteiger partial charge on any atom is 0.241 e. The van der Waals surface area contributed by atoms with Crippen molar-refractivity contribution in [3.05, 3.63) is 54.0 Å². The highest BCUT2D eigenvalue weighted by Crippen LogP contribution is 2.17. The van der Waals surface area contributed by atoms with Gasteiger partial charge in [0.05, 0.1) is 17.2 Å². The number of nitrogens with one attached hydrogen (secondary N) is 1. The summed E-state index contributed by atoms with van der Waals surface area (Å²) in [5, 5.41) is 0. The standard InChI is InChI=1S/C14H15NO4S/c1-10(14-4-3-9-19-14)15-20(17,18)13-7-5-12(6-8-13)11(2)16/h3-10,15H,1-2H3/t10-/m1/s1. The molecule has 0 saturated heterocycles. The summed E-state index contributed by atoms with van der Waals surface area (Å²) in [6.45, 7) is 3.13. The molecule has 1 atom stereocenters. The lowest BCUT2D eigenvalue weighted by Crippen LogP contribution is -2.26. The van der Waals surface area contributed by atoms with E-state index in [1.807, 2.05) is 0 Å². The van der Waals surface area contributed by atoms with Crippen molar-refractivity contribution in [3.63, 3.8) is 0 Å². The number of hydrogen-bond acceptors (Lipinski definition) is 4. The average molecular weight is 293 g/mol. The lowest BCUT2D eigenvalue weighted by atomic mass is 10.2. The van der Waals surface area contributed by atoms with Gasteiger partial charge in [0.15, 0.2) is 5.78 Å². The van der Waals surface area contributed by atoms with Crippen LogP contribution in [-0.2, 0) is 10.0 Å². The van der Waals surface area contributed by atoms with Gasteiger partial charge in [-0.15, -0.1) is 0 Å². The highest BCUT2D eigenvalue weighted by Gasteiger charge is 2.19. The van der Waals surface area contributed by atoms with Crippen LogP contribution in [0.4, 0.5) is 0 Å². The van der Waals surface area contributed by atoms with Gasteiger partial charge in [0, 0.05) is 5.56 Å². The fraction of sp³-hybridized carbons (Fsp3) is 0.214. The van der Waals surface area contributed by atoms with Crippen LogP contribution in [0, 0.1) is 0 Å². The molecule has 0 radical (unpaired) electrons. The van der Waals surface area contributed by atoms with Crippen LogP contribution in [0.5, 0.6) is 0 Å². The number of rotatable bonds is 5. The van der Waals surface area contributed by atoms with Crippen molar-refractivity contribution >= 4 is 15.8 Å². The maximum absolute atomic E-state index is 12.2. The van der Waals surface area contributed by atoms with Crippen molar-refractivity contribution in [2.75, 3.05) is 0 Å². The van der Waals surface area contributed by atoms with E-state index in [4.69, 9.17) is 4.42 Å². The third-order valence-corrected chi connectivity index (χ3v) is 4.43. The second-order valence-corrected chi connectivity index (χ2v) is 6.15. The Bertz CT molecular complexity index is 687. The zero-order chi connectivity index (χ0) is 14.8. The summed E-state index contributed by atoms with van der Waals surface area (Å²) in [6.07, 6.45) is 1.49. The van der Waals surface area contributed by atoms with Crippen LogP contribution in [-0.4, -0.2) is 14.2 Å². The summed E-state index contributed by atoms with van der Waals surface area (Å²) in [5.41, 5.74) is 0.475. The maximum atomic E-state index is 12.2. The largest absolute Gasteiger partial charge is 0.468 e. The quantitative estimate of drug-likeness (QED) is 0.859. The van der Waals surface area contributed by atoms with Crippen molar-refractivity contribution in [2.24, 2.45) is 0 Å². The van der Waals surface area contributed by atoms with Crippen LogP contribution in [0.1, 0.15) is 36.0 Å². The van der Waals surface area contributed by atoms with Gasteiger partial charge in [0.1, 0.15) is 5.76 Å². The Balaban J connectivity index is 2.20. The minimum atomic E-state index is -3.65. The van der Waals surface area contributed by atoms with E-state index in [1.54, 1.807) is 19.1 Å². The molecule has 5 nitrogen and oxygen atoms in total. The average Bonchev–Trinajstić information content (AvgIpc) is 2.92. The lowest BCUT2D eigenvalue weighted by Gasteiger charge is -2.12. The molecule has 2 rings (SSSR count). The number of ketones is 1. The highest BCUT2D eigenvalue weighted by molar-refractivity contribution is 7.89. The van der Waals surface area contributed by atoms with Crippen LogP contribution in [0.3, 0.4) is 0 Å². The molecular formula is C14H15NO4S. The summed E-state index contributed by atoms with van der Waals surface area (Å²) in [5.74, 6) is 0.430. The van der Waals surface area contributed by atoms with Crippen molar-refractivity contribution in [1.29, 1.82) is 0 Å². The summed E-state index contributed by atoms with van der Waals surface area (Å²) in [7, 11) is -3.65. The molecule has 2 aromatic rings. The molecule has 0 amide bonds. The molecule has 0 bridgehead atoms. The third-order valence-electron chi connectivity index (χ3n) is 2.87. The van der Waals surface area contributed by atoms with Crippen molar-refractivity contribution < 1.29 is 17.6 Å². The van der Waals surface area contributed by atoms with E-state index in [0.717, 1.165) is 0 Å².